The van der Waals surface area contributed by atoms with Crippen LogP contribution < -0.4 is 10.1 Å². The first-order valence-corrected chi connectivity index (χ1v) is 13.8. The van der Waals surface area contributed by atoms with Gasteiger partial charge in [0.05, 0.1) is 12.5 Å². The number of sulfonamides is 1. The Morgan fingerprint density at radius 3 is 2.53 bits per heavy atom. The van der Waals surface area contributed by atoms with Crippen LogP contribution in [0.15, 0.2) is 53.4 Å². The molecule has 0 aromatic heterocycles. The lowest BCUT2D eigenvalue weighted by Crippen LogP contribution is -2.40. The van der Waals surface area contributed by atoms with Crippen LogP contribution in [-0.2, 0) is 21.4 Å². The van der Waals surface area contributed by atoms with E-state index in [1.807, 2.05) is 25.1 Å². The smallest absolute Gasteiger partial charge is 0.246 e. The summed E-state index contributed by atoms with van der Waals surface area (Å²) in [5.74, 6) is 0.132. The van der Waals surface area contributed by atoms with E-state index in [-0.39, 0.29) is 16.7 Å². The Labute approximate surface area is 203 Å². The van der Waals surface area contributed by atoms with E-state index in [0.717, 1.165) is 45.2 Å². The molecule has 0 saturated carbocycles. The van der Waals surface area contributed by atoms with Crippen molar-refractivity contribution in [2.75, 3.05) is 38.1 Å². The van der Waals surface area contributed by atoms with Crippen molar-refractivity contribution in [3.05, 3.63) is 54.1 Å². The predicted molar refractivity (Wildman–Crippen MR) is 133 cm³/mol. The molecule has 1 N–H and O–H groups in total. The van der Waals surface area contributed by atoms with E-state index in [1.54, 1.807) is 18.2 Å². The van der Waals surface area contributed by atoms with Crippen LogP contribution in [0.25, 0.3) is 0 Å². The Bertz CT molecular complexity index is 1070. The summed E-state index contributed by atoms with van der Waals surface area (Å²) in [5.41, 5.74) is 1.73. The number of nitrogens with one attached hydrogen (secondary N) is 1. The predicted octanol–water partition coefficient (Wildman–Crippen LogP) is 4.11. The summed E-state index contributed by atoms with van der Waals surface area (Å²) in [6, 6.07) is 15.2. The first kappa shape index (κ1) is 24.7. The zero-order valence-corrected chi connectivity index (χ0v) is 20.7. The van der Waals surface area contributed by atoms with Crippen molar-refractivity contribution in [3.8, 4) is 5.75 Å². The number of rotatable bonds is 8. The average Bonchev–Trinajstić information content (AvgIpc) is 2.86. The molecule has 8 heteroatoms. The molecule has 0 radical (unpaired) electrons. The third kappa shape index (κ3) is 5.98. The number of benzene rings is 2. The van der Waals surface area contributed by atoms with E-state index >= 15 is 0 Å². The highest BCUT2D eigenvalue weighted by molar-refractivity contribution is 7.89. The van der Waals surface area contributed by atoms with Crippen LogP contribution >= 0.6 is 0 Å². The summed E-state index contributed by atoms with van der Waals surface area (Å²) in [6.07, 6.45) is 4.56. The van der Waals surface area contributed by atoms with Crippen LogP contribution in [0.5, 0.6) is 5.75 Å². The van der Waals surface area contributed by atoms with Gasteiger partial charge in [-0.3, -0.25) is 9.69 Å². The molecule has 1 unspecified atom stereocenters. The third-order valence-corrected chi connectivity index (χ3v) is 8.49. The molecule has 2 heterocycles. The number of carbonyl (C=O) groups is 1. The van der Waals surface area contributed by atoms with E-state index in [0.29, 0.717) is 37.7 Å². The fourth-order valence-electron chi connectivity index (χ4n) is 4.81. The number of piperidine rings is 2. The minimum Gasteiger partial charge on any atom is -0.492 e. The van der Waals surface area contributed by atoms with Crippen molar-refractivity contribution in [3.63, 3.8) is 0 Å². The lowest BCUT2D eigenvalue weighted by Gasteiger charge is -2.32. The van der Waals surface area contributed by atoms with Gasteiger partial charge in [-0.05, 0) is 62.9 Å². The molecule has 2 aromatic carbocycles. The molecule has 1 amide bonds. The summed E-state index contributed by atoms with van der Waals surface area (Å²) in [6.45, 7) is 5.72. The molecule has 2 saturated heterocycles. The number of nitrogens with zero attached hydrogens (tertiary/aromatic N) is 2. The Morgan fingerprint density at radius 2 is 1.79 bits per heavy atom. The van der Waals surface area contributed by atoms with Crippen LogP contribution in [0, 0.1) is 5.92 Å². The minimum atomic E-state index is -3.69. The van der Waals surface area contributed by atoms with Crippen molar-refractivity contribution >= 4 is 21.6 Å². The monoisotopic (exact) mass is 485 g/mol. The highest BCUT2D eigenvalue weighted by Gasteiger charge is 2.30. The Kier molecular flexibility index (Phi) is 8.24. The first-order chi connectivity index (χ1) is 16.5. The van der Waals surface area contributed by atoms with Crippen molar-refractivity contribution in [2.24, 2.45) is 5.92 Å². The topological polar surface area (TPSA) is 79.0 Å². The average molecular weight is 486 g/mol. The zero-order chi connectivity index (χ0) is 24.0. The van der Waals surface area contributed by atoms with Gasteiger partial charge >= 0.3 is 0 Å². The maximum absolute atomic E-state index is 13.4. The molecule has 2 aromatic rings. The van der Waals surface area contributed by atoms with E-state index in [9.17, 15) is 13.2 Å². The Balaban J connectivity index is 1.47. The summed E-state index contributed by atoms with van der Waals surface area (Å²) in [4.78, 5) is 15.6. The lowest BCUT2D eigenvalue weighted by molar-refractivity contribution is -0.121. The van der Waals surface area contributed by atoms with Gasteiger partial charge in [0.2, 0.25) is 15.9 Å². The van der Waals surface area contributed by atoms with Gasteiger partial charge in [0.25, 0.3) is 0 Å². The van der Waals surface area contributed by atoms with Crippen LogP contribution in [0.2, 0.25) is 0 Å². The second kappa shape index (κ2) is 11.3. The summed E-state index contributed by atoms with van der Waals surface area (Å²) in [5, 5.41) is 2.98. The maximum Gasteiger partial charge on any atom is 0.246 e. The largest absolute Gasteiger partial charge is 0.492 e. The zero-order valence-electron chi connectivity index (χ0n) is 19.9. The molecule has 34 heavy (non-hydrogen) atoms. The Morgan fingerprint density at radius 1 is 1.03 bits per heavy atom. The molecular weight excluding hydrogens is 450 g/mol. The first-order valence-electron chi connectivity index (χ1n) is 12.3. The minimum absolute atomic E-state index is 0.0664. The van der Waals surface area contributed by atoms with Gasteiger partial charge < -0.3 is 10.1 Å². The number of ether oxygens (including phenoxy) is 1. The van der Waals surface area contributed by atoms with Crippen molar-refractivity contribution in [1.82, 2.24) is 9.21 Å². The molecule has 2 fully saturated rings. The van der Waals surface area contributed by atoms with Gasteiger partial charge in [-0.2, -0.15) is 4.31 Å². The maximum atomic E-state index is 13.4. The van der Waals surface area contributed by atoms with Crippen LogP contribution in [-0.4, -0.2) is 56.3 Å². The quantitative estimate of drug-likeness (QED) is 0.609. The summed E-state index contributed by atoms with van der Waals surface area (Å²) >= 11 is 0. The standard InChI is InChI=1S/C26H35N3O4S/c1-2-33-24-14-13-23(18-25(24)34(31,32)29-16-7-4-8-17-29)27-26(30)22-12-9-15-28(20-22)19-21-10-5-3-6-11-21/h3,5-6,10-11,13-14,18,22H,2,4,7-9,12,15-17,19-20H2,1H3,(H,27,30). The highest BCUT2D eigenvalue weighted by atomic mass is 32.2. The third-order valence-electron chi connectivity index (χ3n) is 6.57. The summed E-state index contributed by atoms with van der Waals surface area (Å²) < 4.78 is 33.9. The fourth-order valence-corrected chi connectivity index (χ4v) is 6.48. The lowest BCUT2D eigenvalue weighted by atomic mass is 9.96. The molecule has 2 aliphatic rings. The van der Waals surface area contributed by atoms with Crippen LogP contribution in [0.4, 0.5) is 5.69 Å². The molecule has 2 aliphatic heterocycles. The van der Waals surface area contributed by atoms with Crippen molar-refractivity contribution in [1.29, 1.82) is 0 Å². The summed E-state index contributed by atoms with van der Waals surface area (Å²) in [7, 11) is -3.69. The van der Waals surface area contributed by atoms with Crippen LogP contribution in [0.1, 0.15) is 44.6 Å². The molecule has 184 valence electrons. The SMILES string of the molecule is CCOc1ccc(NC(=O)C2CCCN(Cc3ccccc3)C2)cc1S(=O)(=O)N1CCCCC1. The van der Waals surface area contributed by atoms with Gasteiger partial charge in [-0.25, -0.2) is 8.42 Å². The van der Waals surface area contributed by atoms with Gasteiger partial charge in [-0.15, -0.1) is 0 Å². The van der Waals surface area contributed by atoms with Crippen LogP contribution in [0.3, 0.4) is 0 Å². The van der Waals surface area contributed by atoms with E-state index < -0.39 is 10.0 Å². The Hall–Kier alpha value is -2.42. The normalized spacial score (nSPS) is 20.1. The molecule has 0 spiro atoms. The van der Waals surface area contributed by atoms with Gasteiger partial charge in [0.15, 0.2) is 0 Å². The van der Waals surface area contributed by atoms with E-state index in [4.69, 9.17) is 4.74 Å². The van der Waals surface area contributed by atoms with E-state index in [1.165, 1.54) is 9.87 Å². The van der Waals surface area contributed by atoms with Crippen molar-refractivity contribution < 1.29 is 17.9 Å². The second-order valence-corrected chi connectivity index (χ2v) is 11.0. The number of carbonyl (C=O) groups excluding carboxylic acids is 1. The number of likely N-dealkylation sites (tertiary alicyclic amines) is 1. The molecule has 1 atom stereocenters. The van der Waals surface area contributed by atoms with E-state index in [2.05, 4.69) is 22.3 Å². The van der Waals surface area contributed by atoms with Crippen molar-refractivity contribution in [2.45, 2.75) is 50.5 Å². The molecule has 7 nitrogen and oxygen atoms in total. The number of anilines is 1. The highest BCUT2D eigenvalue weighted by Crippen LogP contribution is 2.32. The number of hydrogen-bond acceptors (Lipinski definition) is 5. The number of hydrogen-bond donors (Lipinski definition) is 1. The second-order valence-electron chi connectivity index (χ2n) is 9.11. The molecule has 0 aliphatic carbocycles. The number of amides is 1. The molecule has 4 rings (SSSR count). The van der Waals surface area contributed by atoms with Gasteiger partial charge in [0, 0.05) is 31.9 Å². The fraction of sp³-hybridized carbons (Fsp3) is 0.500. The van der Waals surface area contributed by atoms with Gasteiger partial charge in [-0.1, -0.05) is 36.8 Å². The molecular formula is C26H35N3O4S. The molecule has 0 bridgehead atoms. The van der Waals surface area contributed by atoms with Gasteiger partial charge in [0.1, 0.15) is 10.6 Å².